The number of nitrogens with zero attached hydrogens (tertiary/aromatic N) is 1. The number of anilines is 1. The molecular formula is C11H8ClN3S2. The number of aromatic amines is 1. The molecule has 0 aliphatic carbocycles. The number of para-hydroxylation sites is 1. The summed E-state index contributed by atoms with van der Waals surface area (Å²) in [4.78, 5) is 4.27. The highest BCUT2D eigenvalue weighted by molar-refractivity contribution is 8.00. The third kappa shape index (κ3) is 2.13. The van der Waals surface area contributed by atoms with E-state index in [2.05, 4.69) is 14.1 Å². The van der Waals surface area contributed by atoms with Gasteiger partial charge in [-0.15, -0.1) is 0 Å². The van der Waals surface area contributed by atoms with Crippen molar-refractivity contribution in [2.45, 2.75) is 4.90 Å². The number of nitrogens with one attached hydrogen (secondary N) is 2. The van der Waals surface area contributed by atoms with Gasteiger partial charge in [-0.3, -0.25) is 0 Å². The minimum Gasteiger partial charge on any atom is -0.358 e. The van der Waals surface area contributed by atoms with Gasteiger partial charge < -0.3 is 9.71 Å². The number of hydrogen-bond acceptors (Lipinski definition) is 4. The first kappa shape index (κ1) is 11.0. The van der Waals surface area contributed by atoms with Crippen molar-refractivity contribution in [3.8, 4) is 0 Å². The maximum atomic E-state index is 6.07. The second-order valence-corrected chi connectivity index (χ2v) is 5.37. The van der Waals surface area contributed by atoms with Crippen LogP contribution in [0.15, 0.2) is 40.9 Å². The average molecular weight is 282 g/mol. The van der Waals surface area contributed by atoms with E-state index in [4.69, 9.17) is 11.6 Å². The van der Waals surface area contributed by atoms with Crippen LogP contribution in [-0.4, -0.2) is 9.36 Å². The molecule has 0 radical (unpaired) electrons. The van der Waals surface area contributed by atoms with Crippen molar-refractivity contribution < 1.29 is 0 Å². The Hall–Kier alpha value is -1.17. The molecule has 2 heterocycles. The molecule has 1 aromatic carbocycles. The predicted octanol–water partition coefficient (Wildman–Crippen LogP) is 4.40. The molecule has 3 nitrogen and oxygen atoms in total. The lowest BCUT2D eigenvalue weighted by Gasteiger charge is -2.04. The normalized spacial score (nSPS) is 10.9. The maximum absolute atomic E-state index is 6.07. The van der Waals surface area contributed by atoms with Crippen molar-refractivity contribution in [1.82, 2.24) is 9.36 Å². The second-order valence-electron chi connectivity index (χ2n) is 3.43. The van der Waals surface area contributed by atoms with Crippen LogP contribution in [0, 0.1) is 0 Å². The molecule has 2 N–H and O–H groups in total. The zero-order chi connectivity index (χ0) is 11.7. The van der Waals surface area contributed by atoms with Crippen LogP contribution in [0.2, 0.25) is 5.02 Å². The van der Waals surface area contributed by atoms with Crippen LogP contribution in [0.5, 0.6) is 0 Å². The number of rotatable bonds is 3. The molecule has 0 amide bonds. The van der Waals surface area contributed by atoms with Gasteiger partial charge in [0.1, 0.15) is 0 Å². The lowest BCUT2D eigenvalue weighted by Crippen LogP contribution is -1.86. The van der Waals surface area contributed by atoms with E-state index < -0.39 is 0 Å². The standard InChI is InChI=1S/C11H8ClN3S2/c12-9-5-13-11-8(9)2-1-3-10(11)15-17-7-4-14-16-6-7/h1-6,13,15H. The number of hydrogen-bond donors (Lipinski definition) is 2. The maximum Gasteiger partial charge on any atom is 0.0713 e. The van der Waals surface area contributed by atoms with Gasteiger partial charge in [0.25, 0.3) is 0 Å². The Labute approximate surface area is 111 Å². The molecule has 2 aromatic heterocycles. The van der Waals surface area contributed by atoms with Crippen molar-refractivity contribution >= 4 is 51.7 Å². The van der Waals surface area contributed by atoms with Crippen LogP contribution >= 0.6 is 35.1 Å². The van der Waals surface area contributed by atoms with Crippen LogP contribution in [0.3, 0.4) is 0 Å². The first-order chi connectivity index (χ1) is 8.34. The fourth-order valence-corrected chi connectivity index (χ4v) is 3.07. The summed E-state index contributed by atoms with van der Waals surface area (Å²) in [5, 5.41) is 3.77. The zero-order valence-electron chi connectivity index (χ0n) is 8.61. The summed E-state index contributed by atoms with van der Waals surface area (Å²) in [7, 11) is 0. The monoisotopic (exact) mass is 281 g/mol. The quantitative estimate of drug-likeness (QED) is 0.699. The van der Waals surface area contributed by atoms with Gasteiger partial charge in [-0.1, -0.05) is 23.7 Å². The molecule has 0 spiro atoms. The smallest absolute Gasteiger partial charge is 0.0713 e. The summed E-state index contributed by atoms with van der Waals surface area (Å²) in [5.74, 6) is 0. The van der Waals surface area contributed by atoms with Gasteiger partial charge in [0.15, 0.2) is 0 Å². The van der Waals surface area contributed by atoms with E-state index in [1.807, 2.05) is 29.8 Å². The largest absolute Gasteiger partial charge is 0.358 e. The van der Waals surface area contributed by atoms with Crippen molar-refractivity contribution in [3.63, 3.8) is 0 Å². The van der Waals surface area contributed by atoms with Crippen LogP contribution < -0.4 is 4.72 Å². The van der Waals surface area contributed by atoms with Crippen LogP contribution in [0.25, 0.3) is 10.9 Å². The third-order valence-corrected chi connectivity index (χ3v) is 4.18. The molecule has 0 saturated heterocycles. The van der Waals surface area contributed by atoms with Gasteiger partial charge in [0.2, 0.25) is 0 Å². The Bertz CT molecular complexity index is 633. The summed E-state index contributed by atoms with van der Waals surface area (Å²) >= 11 is 9.05. The summed E-state index contributed by atoms with van der Waals surface area (Å²) in [6, 6.07) is 5.99. The highest BCUT2D eigenvalue weighted by atomic mass is 35.5. The van der Waals surface area contributed by atoms with Crippen molar-refractivity contribution in [1.29, 1.82) is 0 Å². The first-order valence-corrected chi connectivity index (χ1v) is 6.95. The molecule has 3 rings (SSSR count). The molecule has 0 bridgehead atoms. The van der Waals surface area contributed by atoms with Gasteiger partial charge in [-0.25, -0.2) is 0 Å². The van der Waals surface area contributed by atoms with Crippen molar-refractivity contribution in [3.05, 3.63) is 41.0 Å². The van der Waals surface area contributed by atoms with Crippen LogP contribution in [-0.2, 0) is 0 Å². The molecule has 0 aliphatic heterocycles. The number of halogens is 1. The topological polar surface area (TPSA) is 40.7 Å². The van der Waals surface area contributed by atoms with Gasteiger partial charge in [0, 0.05) is 17.0 Å². The fraction of sp³-hybridized carbons (Fsp3) is 0. The van der Waals surface area contributed by atoms with E-state index >= 15 is 0 Å². The van der Waals surface area contributed by atoms with Crippen LogP contribution in [0.4, 0.5) is 5.69 Å². The average Bonchev–Trinajstić information content (AvgIpc) is 2.97. The first-order valence-electron chi connectivity index (χ1n) is 4.92. The van der Waals surface area contributed by atoms with E-state index in [-0.39, 0.29) is 0 Å². The van der Waals surface area contributed by atoms with Crippen molar-refractivity contribution in [2.75, 3.05) is 4.72 Å². The minimum absolute atomic E-state index is 0.742. The highest BCUT2D eigenvalue weighted by Crippen LogP contribution is 2.31. The zero-order valence-corrected chi connectivity index (χ0v) is 11.0. The van der Waals surface area contributed by atoms with E-state index in [0.717, 1.165) is 26.5 Å². The second kappa shape index (κ2) is 4.60. The van der Waals surface area contributed by atoms with Gasteiger partial charge in [-0.2, -0.15) is 4.37 Å². The van der Waals surface area contributed by atoms with E-state index in [1.165, 1.54) is 23.5 Å². The molecule has 0 unspecified atom stereocenters. The molecule has 86 valence electrons. The predicted molar refractivity (Wildman–Crippen MR) is 74.9 cm³/mol. The van der Waals surface area contributed by atoms with E-state index in [0.29, 0.717) is 0 Å². The number of H-pyrrole nitrogens is 1. The Morgan fingerprint density at radius 1 is 1.41 bits per heavy atom. The van der Waals surface area contributed by atoms with Gasteiger partial charge >= 0.3 is 0 Å². The highest BCUT2D eigenvalue weighted by Gasteiger charge is 2.05. The Kier molecular flexibility index (Phi) is 2.96. The summed E-state index contributed by atoms with van der Waals surface area (Å²) in [6.07, 6.45) is 3.64. The molecule has 17 heavy (non-hydrogen) atoms. The molecule has 3 aromatic rings. The lowest BCUT2D eigenvalue weighted by atomic mass is 10.2. The summed E-state index contributed by atoms with van der Waals surface area (Å²) < 4.78 is 7.35. The molecule has 6 heteroatoms. The van der Waals surface area contributed by atoms with Crippen molar-refractivity contribution in [2.24, 2.45) is 0 Å². The summed E-state index contributed by atoms with van der Waals surface area (Å²) in [6.45, 7) is 0. The molecule has 0 saturated carbocycles. The van der Waals surface area contributed by atoms with Gasteiger partial charge in [0.05, 0.1) is 27.3 Å². The molecule has 0 atom stereocenters. The Balaban J connectivity index is 1.90. The summed E-state index contributed by atoms with van der Waals surface area (Å²) in [5.41, 5.74) is 2.04. The SMILES string of the molecule is Clc1c[nH]c2c(NSc3cnsc3)cccc12. The molecule has 0 fully saturated rings. The number of fused-ring (bicyclic) bond motifs is 1. The molecule has 0 aliphatic rings. The minimum atomic E-state index is 0.742. The molecular weight excluding hydrogens is 274 g/mol. The fourth-order valence-electron chi connectivity index (χ4n) is 1.56. The van der Waals surface area contributed by atoms with E-state index in [1.54, 1.807) is 6.20 Å². The number of aromatic nitrogens is 2. The van der Waals surface area contributed by atoms with Crippen LogP contribution in [0.1, 0.15) is 0 Å². The third-order valence-electron chi connectivity index (χ3n) is 2.35. The Morgan fingerprint density at radius 3 is 3.18 bits per heavy atom. The Morgan fingerprint density at radius 2 is 2.35 bits per heavy atom. The van der Waals surface area contributed by atoms with Gasteiger partial charge in [-0.05, 0) is 29.5 Å². The van der Waals surface area contributed by atoms with E-state index in [9.17, 15) is 0 Å². The lowest BCUT2D eigenvalue weighted by molar-refractivity contribution is 1.44. The number of benzene rings is 1.